The molecule has 3 N–H and O–H groups in total. The molecule has 0 aliphatic heterocycles. The Morgan fingerprint density at radius 3 is 2.55 bits per heavy atom. The van der Waals surface area contributed by atoms with Crippen molar-refractivity contribution >= 4 is 17.5 Å². The van der Waals surface area contributed by atoms with Gasteiger partial charge in [0, 0.05) is 5.02 Å². The van der Waals surface area contributed by atoms with Crippen molar-refractivity contribution in [3.63, 3.8) is 0 Å². The van der Waals surface area contributed by atoms with Gasteiger partial charge in [0.2, 0.25) is 0 Å². The van der Waals surface area contributed by atoms with Crippen LogP contribution in [0, 0.1) is 0 Å². The summed E-state index contributed by atoms with van der Waals surface area (Å²) in [6, 6.07) is 6.40. The minimum absolute atomic E-state index is 0.0318. The zero-order valence-electron chi connectivity index (χ0n) is 12.0. The van der Waals surface area contributed by atoms with Crippen molar-refractivity contribution in [2.45, 2.75) is 26.0 Å². The molecule has 8 heteroatoms. The van der Waals surface area contributed by atoms with Crippen molar-refractivity contribution in [1.82, 2.24) is 20.3 Å². The third-order valence-corrected chi connectivity index (χ3v) is 3.41. The van der Waals surface area contributed by atoms with Crippen LogP contribution in [0.5, 0.6) is 0 Å². The van der Waals surface area contributed by atoms with Gasteiger partial charge >= 0.3 is 0 Å². The summed E-state index contributed by atoms with van der Waals surface area (Å²) in [6.45, 7) is 1.27. The van der Waals surface area contributed by atoms with E-state index in [1.54, 1.807) is 24.3 Å². The Morgan fingerprint density at radius 1 is 1.32 bits per heavy atom. The van der Waals surface area contributed by atoms with Gasteiger partial charge in [-0.3, -0.25) is 4.79 Å². The van der Waals surface area contributed by atoms with Gasteiger partial charge < -0.3 is 15.5 Å². The number of nitrogens with zero attached hydrogens (tertiary/aromatic N) is 3. The number of nitrogens with one attached hydrogen (secondary N) is 1. The van der Waals surface area contributed by atoms with Crippen LogP contribution in [-0.2, 0) is 6.61 Å². The number of aromatic nitrogens is 3. The van der Waals surface area contributed by atoms with E-state index in [0.717, 1.165) is 0 Å². The van der Waals surface area contributed by atoms with Crippen LogP contribution in [0.1, 0.15) is 29.5 Å². The average molecular weight is 325 g/mol. The molecule has 0 aliphatic carbocycles. The number of benzene rings is 1. The molecule has 1 aromatic carbocycles. The maximum Gasteiger partial charge on any atom is 0.274 e. The van der Waals surface area contributed by atoms with E-state index in [-0.39, 0.29) is 24.0 Å². The van der Waals surface area contributed by atoms with E-state index in [2.05, 4.69) is 15.5 Å². The Kier molecular flexibility index (Phi) is 5.48. The fourth-order valence-electron chi connectivity index (χ4n) is 1.84. The highest BCUT2D eigenvalue weighted by Crippen LogP contribution is 2.13. The maximum atomic E-state index is 12.2. The number of hydrogen-bond acceptors (Lipinski definition) is 5. The summed E-state index contributed by atoms with van der Waals surface area (Å²) in [5.41, 5.74) is 0.817. The van der Waals surface area contributed by atoms with Crippen LogP contribution in [0.25, 0.3) is 5.69 Å². The molecule has 0 unspecified atom stereocenters. The Hall–Kier alpha value is -1.96. The van der Waals surface area contributed by atoms with Crippen LogP contribution >= 0.6 is 11.6 Å². The molecule has 2 aromatic rings. The third-order valence-electron chi connectivity index (χ3n) is 3.15. The summed E-state index contributed by atoms with van der Waals surface area (Å²) in [5, 5.41) is 29.9. The predicted molar refractivity (Wildman–Crippen MR) is 80.9 cm³/mol. The molecule has 1 heterocycles. The van der Waals surface area contributed by atoms with E-state index in [1.807, 2.05) is 6.92 Å². The minimum atomic E-state index is -0.481. The summed E-state index contributed by atoms with van der Waals surface area (Å²) in [5.74, 6) is -0.481. The van der Waals surface area contributed by atoms with Gasteiger partial charge in [-0.1, -0.05) is 18.5 Å². The molecule has 22 heavy (non-hydrogen) atoms. The Morgan fingerprint density at radius 2 is 2.00 bits per heavy atom. The zero-order valence-corrected chi connectivity index (χ0v) is 12.8. The third kappa shape index (κ3) is 3.62. The largest absolute Gasteiger partial charge is 0.394 e. The Balaban J connectivity index is 2.28. The van der Waals surface area contributed by atoms with Crippen LogP contribution < -0.4 is 5.32 Å². The SMILES string of the molecule is CC[C@H](CO)NC(=O)c1nn(-c2ccc(Cl)cc2)nc1CO. The summed E-state index contributed by atoms with van der Waals surface area (Å²) in [6.07, 6.45) is 0.585. The van der Waals surface area contributed by atoms with Crippen molar-refractivity contribution in [3.05, 3.63) is 40.7 Å². The van der Waals surface area contributed by atoms with Gasteiger partial charge in [0.1, 0.15) is 5.69 Å². The predicted octanol–water partition coefficient (Wildman–Crippen LogP) is 0.914. The van der Waals surface area contributed by atoms with Gasteiger partial charge in [-0.05, 0) is 30.7 Å². The van der Waals surface area contributed by atoms with Crippen LogP contribution in [0.3, 0.4) is 0 Å². The highest BCUT2D eigenvalue weighted by molar-refractivity contribution is 6.30. The summed E-state index contributed by atoms with van der Waals surface area (Å²) >= 11 is 5.82. The quantitative estimate of drug-likeness (QED) is 0.733. The fourth-order valence-corrected chi connectivity index (χ4v) is 1.97. The second kappa shape index (κ2) is 7.35. The van der Waals surface area contributed by atoms with Crippen LogP contribution in [0.15, 0.2) is 24.3 Å². The van der Waals surface area contributed by atoms with Gasteiger partial charge in [0.15, 0.2) is 5.69 Å². The Bertz CT molecular complexity index is 638. The first-order valence-corrected chi connectivity index (χ1v) is 7.21. The van der Waals surface area contributed by atoms with Crippen molar-refractivity contribution in [2.24, 2.45) is 0 Å². The molecule has 0 bridgehead atoms. The molecule has 2 rings (SSSR count). The monoisotopic (exact) mass is 324 g/mol. The number of aliphatic hydroxyl groups is 2. The molecule has 1 amide bonds. The van der Waals surface area contributed by atoms with Gasteiger partial charge in [-0.2, -0.15) is 4.80 Å². The lowest BCUT2D eigenvalue weighted by atomic mass is 10.2. The number of carbonyl (C=O) groups is 1. The Labute approximate surface area is 132 Å². The molecule has 0 radical (unpaired) electrons. The van der Waals surface area contributed by atoms with Gasteiger partial charge in [0.25, 0.3) is 5.91 Å². The van der Waals surface area contributed by atoms with Crippen LogP contribution in [-0.4, -0.2) is 43.8 Å². The highest BCUT2D eigenvalue weighted by atomic mass is 35.5. The zero-order chi connectivity index (χ0) is 16.1. The number of rotatable bonds is 6. The minimum Gasteiger partial charge on any atom is -0.394 e. The number of halogens is 1. The summed E-state index contributed by atoms with van der Waals surface area (Å²) < 4.78 is 0. The van der Waals surface area contributed by atoms with Crippen molar-refractivity contribution in [3.8, 4) is 5.69 Å². The molecule has 0 saturated heterocycles. The van der Waals surface area contributed by atoms with Crippen molar-refractivity contribution in [1.29, 1.82) is 0 Å². The average Bonchev–Trinajstić information content (AvgIpc) is 2.97. The van der Waals surface area contributed by atoms with E-state index < -0.39 is 12.5 Å². The second-order valence-corrected chi connectivity index (χ2v) is 5.12. The van der Waals surface area contributed by atoms with E-state index in [9.17, 15) is 9.90 Å². The fraction of sp³-hybridized carbons (Fsp3) is 0.357. The standard InChI is InChI=1S/C14H17ClN4O3/c1-2-10(7-20)16-14(22)13-12(8-21)17-19(18-13)11-5-3-9(15)4-6-11/h3-6,10,20-21H,2,7-8H2,1H3,(H,16,22)/t10-/m1/s1. The van der Waals surface area contributed by atoms with Gasteiger partial charge in [0.05, 0.1) is 24.9 Å². The number of aliphatic hydroxyl groups excluding tert-OH is 2. The lowest BCUT2D eigenvalue weighted by Gasteiger charge is -2.12. The second-order valence-electron chi connectivity index (χ2n) is 4.68. The molecule has 7 nitrogen and oxygen atoms in total. The van der Waals surface area contributed by atoms with E-state index >= 15 is 0 Å². The molecule has 0 saturated carbocycles. The van der Waals surface area contributed by atoms with E-state index in [4.69, 9.17) is 16.7 Å². The molecule has 118 valence electrons. The van der Waals surface area contributed by atoms with Gasteiger partial charge in [-0.25, -0.2) is 0 Å². The van der Waals surface area contributed by atoms with Crippen molar-refractivity contribution in [2.75, 3.05) is 6.61 Å². The molecule has 0 aliphatic rings. The highest BCUT2D eigenvalue weighted by Gasteiger charge is 2.20. The smallest absolute Gasteiger partial charge is 0.274 e. The van der Waals surface area contributed by atoms with Crippen LogP contribution in [0.4, 0.5) is 0 Å². The number of carbonyl (C=O) groups excluding carboxylic acids is 1. The molecule has 1 aromatic heterocycles. The van der Waals surface area contributed by atoms with E-state index in [1.165, 1.54) is 4.80 Å². The normalized spacial score (nSPS) is 12.2. The first-order valence-electron chi connectivity index (χ1n) is 6.83. The first-order chi connectivity index (χ1) is 10.6. The molecule has 0 spiro atoms. The number of amides is 1. The molecule has 0 fully saturated rings. The lowest BCUT2D eigenvalue weighted by Crippen LogP contribution is -2.37. The first kappa shape index (κ1) is 16.4. The topological polar surface area (TPSA) is 100 Å². The van der Waals surface area contributed by atoms with Crippen molar-refractivity contribution < 1.29 is 15.0 Å². The van der Waals surface area contributed by atoms with Gasteiger partial charge in [-0.15, -0.1) is 10.2 Å². The molecular weight excluding hydrogens is 308 g/mol. The van der Waals surface area contributed by atoms with E-state index in [0.29, 0.717) is 17.1 Å². The lowest BCUT2D eigenvalue weighted by molar-refractivity contribution is 0.0906. The summed E-state index contributed by atoms with van der Waals surface area (Å²) in [4.78, 5) is 13.4. The number of hydrogen-bond donors (Lipinski definition) is 3. The molecule has 1 atom stereocenters. The summed E-state index contributed by atoms with van der Waals surface area (Å²) in [7, 11) is 0. The molecular formula is C14H17ClN4O3. The van der Waals surface area contributed by atoms with Crippen LogP contribution in [0.2, 0.25) is 5.02 Å². The maximum absolute atomic E-state index is 12.2.